The number of esters is 1. The van der Waals surface area contributed by atoms with Gasteiger partial charge in [0.05, 0.1) is 13.0 Å². The van der Waals surface area contributed by atoms with Crippen LogP contribution in [0.3, 0.4) is 0 Å². The highest BCUT2D eigenvalue weighted by atomic mass is 19.1. The molecule has 0 amide bonds. The zero-order chi connectivity index (χ0) is 14.3. The average molecular weight is 267 g/mol. The van der Waals surface area contributed by atoms with Crippen molar-refractivity contribution in [3.05, 3.63) is 35.6 Å². The lowest BCUT2D eigenvalue weighted by molar-refractivity contribution is -0.146. The number of ether oxygens (including phenoxy) is 1. The fraction of sp³-hybridized carbons (Fsp3) is 0.533. The van der Waals surface area contributed by atoms with Gasteiger partial charge in [0, 0.05) is 13.1 Å². The molecule has 1 unspecified atom stereocenters. The highest BCUT2D eigenvalue weighted by molar-refractivity contribution is 5.72. The summed E-state index contributed by atoms with van der Waals surface area (Å²) < 4.78 is 17.8. The first kappa shape index (κ1) is 15.6. The number of rotatable bonds is 7. The van der Waals surface area contributed by atoms with Gasteiger partial charge in [0.1, 0.15) is 5.82 Å². The minimum atomic E-state index is -0.207. The zero-order valence-corrected chi connectivity index (χ0v) is 11.9. The molecule has 19 heavy (non-hydrogen) atoms. The third-order valence-corrected chi connectivity index (χ3v) is 3.23. The van der Waals surface area contributed by atoms with Crippen LogP contribution in [0.5, 0.6) is 0 Å². The smallest absolute Gasteiger partial charge is 0.309 e. The van der Waals surface area contributed by atoms with E-state index in [0.29, 0.717) is 6.54 Å². The van der Waals surface area contributed by atoms with E-state index in [-0.39, 0.29) is 17.7 Å². The lowest BCUT2D eigenvalue weighted by Gasteiger charge is -2.21. The molecule has 0 bridgehead atoms. The number of likely N-dealkylation sites (N-methyl/N-ethyl adjacent to an activating group) is 1. The maximum atomic E-state index is 13.0. The summed E-state index contributed by atoms with van der Waals surface area (Å²) in [5, 5.41) is 0. The maximum absolute atomic E-state index is 13.0. The Kier molecular flexibility index (Phi) is 6.50. The second-order valence-electron chi connectivity index (χ2n) is 4.77. The molecule has 0 aliphatic heterocycles. The Balaban J connectivity index is 2.42. The molecule has 0 radical (unpaired) electrons. The summed E-state index contributed by atoms with van der Waals surface area (Å²) in [4.78, 5) is 13.6. The summed E-state index contributed by atoms with van der Waals surface area (Å²) in [7, 11) is 3.38. The van der Waals surface area contributed by atoms with Crippen LogP contribution in [0, 0.1) is 11.7 Å². The summed E-state index contributed by atoms with van der Waals surface area (Å²) >= 11 is 0. The number of hydrogen-bond donors (Lipinski definition) is 0. The zero-order valence-electron chi connectivity index (χ0n) is 11.9. The topological polar surface area (TPSA) is 29.5 Å². The highest BCUT2D eigenvalue weighted by Gasteiger charge is 2.18. The van der Waals surface area contributed by atoms with Crippen LogP contribution in [0.4, 0.5) is 4.39 Å². The van der Waals surface area contributed by atoms with Crippen molar-refractivity contribution in [2.75, 3.05) is 27.2 Å². The number of benzene rings is 1. The standard InChI is InChI=1S/C15H22FNO2/c1-4-13(15(18)19-3)11-17(2)9-8-12-6-5-7-14(16)10-12/h5-7,10,13H,4,8-9,11H2,1-3H3. The molecular weight excluding hydrogens is 245 g/mol. The van der Waals surface area contributed by atoms with Crippen molar-refractivity contribution in [3.8, 4) is 0 Å². The number of hydrogen-bond acceptors (Lipinski definition) is 3. The van der Waals surface area contributed by atoms with Gasteiger partial charge >= 0.3 is 5.97 Å². The fourth-order valence-electron chi connectivity index (χ4n) is 2.02. The lowest BCUT2D eigenvalue weighted by Crippen LogP contribution is -2.32. The monoisotopic (exact) mass is 267 g/mol. The first-order valence-electron chi connectivity index (χ1n) is 6.57. The minimum absolute atomic E-state index is 0.0949. The molecule has 0 saturated heterocycles. The van der Waals surface area contributed by atoms with Crippen molar-refractivity contribution in [1.82, 2.24) is 4.90 Å². The normalized spacial score (nSPS) is 12.5. The molecule has 0 spiro atoms. The minimum Gasteiger partial charge on any atom is -0.469 e. The van der Waals surface area contributed by atoms with Gasteiger partial charge in [-0.05, 0) is 37.6 Å². The second-order valence-corrected chi connectivity index (χ2v) is 4.77. The summed E-state index contributed by atoms with van der Waals surface area (Å²) in [6.07, 6.45) is 1.53. The fourth-order valence-corrected chi connectivity index (χ4v) is 2.02. The van der Waals surface area contributed by atoms with Crippen LogP contribution in [0.1, 0.15) is 18.9 Å². The Bertz CT molecular complexity index is 409. The summed E-state index contributed by atoms with van der Waals surface area (Å²) in [6.45, 7) is 3.43. The Morgan fingerprint density at radius 2 is 2.21 bits per heavy atom. The SMILES string of the molecule is CCC(CN(C)CCc1cccc(F)c1)C(=O)OC. The molecule has 0 fully saturated rings. The number of carbonyl (C=O) groups is 1. The molecule has 106 valence electrons. The molecule has 4 heteroatoms. The molecule has 0 aliphatic carbocycles. The van der Waals surface area contributed by atoms with Gasteiger partial charge in [-0.2, -0.15) is 0 Å². The number of nitrogens with zero attached hydrogens (tertiary/aromatic N) is 1. The molecule has 0 heterocycles. The van der Waals surface area contributed by atoms with Gasteiger partial charge in [-0.25, -0.2) is 4.39 Å². The van der Waals surface area contributed by atoms with E-state index >= 15 is 0 Å². The third-order valence-electron chi connectivity index (χ3n) is 3.23. The number of carbonyl (C=O) groups excluding carboxylic acids is 1. The van der Waals surface area contributed by atoms with Gasteiger partial charge < -0.3 is 9.64 Å². The van der Waals surface area contributed by atoms with E-state index in [4.69, 9.17) is 4.74 Å². The van der Waals surface area contributed by atoms with Crippen molar-refractivity contribution in [2.24, 2.45) is 5.92 Å². The Morgan fingerprint density at radius 1 is 1.47 bits per heavy atom. The van der Waals surface area contributed by atoms with Crippen molar-refractivity contribution in [1.29, 1.82) is 0 Å². The molecule has 0 aliphatic rings. The van der Waals surface area contributed by atoms with Gasteiger partial charge in [0.15, 0.2) is 0 Å². The van der Waals surface area contributed by atoms with E-state index in [9.17, 15) is 9.18 Å². The van der Waals surface area contributed by atoms with E-state index < -0.39 is 0 Å². The lowest BCUT2D eigenvalue weighted by atomic mass is 10.1. The molecular formula is C15H22FNO2. The van der Waals surface area contributed by atoms with Crippen molar-refractivity contribution >= 4 is 5.97 Å². The molecule has 3 nitrogen and oxygen atoms in total. The molecule has 1 atom stereocenters. The third kappa shape index (κ3) is 5.39. The van der Waals surface area contributed by atoms with E-state index in [2.05, 4.69) is 4.90 Å². The van der Waals surface area contributed by atoms with Gasteiger partial charge in [0.2, 0.25) is 0 Å². The van der Waals surface area contributed by atoms with Crippen LogP contribution in [0.15, 0.2) is 24.3 Å². The van der Waals surface area contributed by atoms with Crippen molar-refractivity contribution in [2.45, 2.75) is 19.8 Å². The van der Waals surface area contributed by atoms with E-state index in [1.807, 2.05) is 20.0 Å². The highest BCUT2D eigenvalue weighted by Crippen LogP contribution is 2.09. The molecule has 0 N–H and O–H groups in total. The molecule has 0 aromatic heterocycles. The number of halogens is 1. The van der Waals surface area contributed by atoms with Gasteiger partial charge in [-0.3, -0.25) is 4.79 Å². The first-order valence-corrected chi connectivity index (χ1v) is 6.57. The maximum Gasteiger partial charge on any atom is 0.309 e. The quantitative estimate of drug-likeness (QED) is 0.711. The van der Waals surface area contributed by atoms with Gasteiger partial charge in [-0.1, -0.05) is 19.1 Å². The van der Waals surface area contributed by atoms with Crippen LogP contribution >= 0.6 is 0 Å². The number of methoxy groups -OCH3 is 1. The summed E-state index contributed by atoms with van der Waals surface area (Å²) in [6, 6.07) is 6.62. The predicted octanol–water partition coefficient (Wildman–Crippen LogP) is 2.50. The largest absolute Gasteiger partial charge is 0.469 e. The van der Waals surface area contributed by atoms with Crippen LogP contribution in [0.25, 0.3) is 0 Å². The van der Waals surface area contributed by atoms with Gasteiger partial charge in [0.25, 0.3) is 0 Å². The van der Waals surface area contributed by atoms with Crippen LogP contribution in [0.2, 0.25) is 0 Å². The second kappa shape index (κ2) is 7.89. The Morgan fingerprint density at radius 3 is 2.79 bits per heavy atom. The summed E-state index contributed by atoms with van der Waals surface area (Å²) in [5.41, 5.74) is 0.970. The molecule has 1 aromatic carbocycles. The Labute approximate surface area is 114 Å². The molecule has 1 rings (SSSR count). The van der Waals surface area contributed by atoms with E-state index in [1.165, 1.54) is 13.2 Å². The van der Waals surface area contributed by atoms with Crippen molar-refractivity contribution in [3.63, 3.8) is 0 Å². The van der Waals surface area contributed by atoms with Gasteiger partial charge in [-0.15, -0.1) is 0 Å². The van der Waals surface area contributed by atoms with E-state index in [0.717, 1.165) is 24.9 Å². The Hall–Kier alpha value is -1.42. The van der Waals surface area contributed by atoms with E-state index in [1.54, 1.807) is 12.1 Å². The van der Waals surface area contributed by atoms with Crippen molar-refractivity contribution < 1.29 is 13.9 Å². The van der Waals surface area contributed by atoms with Crippen LogP contribution < -0.4 is 0 Å². The van der Waals surface area contributed by atoms with Crippen LogP contribution in [-0.2, 0) is 16.0 Å². The average Bonchev–Trinajstić information content (AvgIpc) is 2.41. The summed E-state index contributed by atoms with van der Waals surface area (Å²) in [5.74, 6) is -0.469. The molecule has 0 saturated carbocycles. The predicted molar refractivity (Wildman–Crippen MR) is 73.4 cm³/mol. The molecule has 1 aromatic rings. The first-order chi connectivity index (χ1) is 9.06. The van der Waals surface area contributed by atoms with Crippen LogP contribution in [-0.4, -0.2) is 38.1 Å².